The van der Waals surface area contributed by atoms with Gasteiger partial charge < -0.3 is 4.74 Å². The maximum Gasteiger partial charge on any atom is 0.337 e. The van der Waals surface area contributed by atoms with Gasteiger partial charge in [-0.1, -0.05) is 6.92 Å². The average Bonchev–Trinajstić information content (AvgIpc) is 2.45. The van der Waals surface area contributed by atoms with Crippen LogP contribution in [0.3, 0.4) is 0 Å². The maximum atomic E-state index is 13.6. The highest BCUT2D eigenvalue weighted by atomic mass is 19.1. The summed E-state index contributed by atoms with van der Waals surface area (Å²) >= 11 is 0. The molecular formula is C15H14FNO2. The predicted molar refractivity (Wildman–Crippen MR) is 70.3 cm³/mol. The van der Waals surface area contributed by atoms with Crippen LogP contribution in [0, 0.1) is 5.82 Å². The van der Waals surface area contributed by atoms with Crippen molar-refractivity contribution < 1.29 is 13.9 Å². The summed E-state index contributed by atoms with van der Waals surface area (Å²) in [6.45, 7) is 2.01. The van der Waals surface area contributed by atoms with Crippen molar-refractivity contribution in [2.24, 2.45) is 0 Å². The number of hydrogen-bond donors (Lipinski definition) is 0. The van der Waals surface area contributed by atoms with E-state index >= 15 is 0 Å². The van der Waals surface area contributed by atoms with Crippen LogP contribution < -0.4 is 0 Å². The maximum absolute atomic E-state index is 13.6. The summed E-state index contributed by atoms with van der Waals surface area (Å²) in [5.41, 5.74) is 2.71. The zero-order chi connectivity index (χ0) is 13.8. The Morgan fingerprint density at radius 1 is 1.37 bits per heavy atom. The predicted octanol–water partition coefficient (Wildman–Crippen LogP) is 3.24. The minimum Gasteiger partial charge on any atom is -0.465 e. The number of methoxy groups -OCH3 is 1. The van der Waals surface area contributed by atoms with Gasteiger partial charge in [0.1, 0.15) is 5.82 Å². The van der Waals surface area contributed by atoms with Gasteiger partial charge in [0, 0.05) is 18.0 Å². The molecule has 0 N–H and O–H groups in total. The number of hydrogen-bond acceptors (Lipinski definition) is 3. The Labute approximate surface area is 111 Å². The molecule has 1 aromatic heterocycles. The number of ether oxygens (including phenoxy) is 1. The summed E-state index contributed by atoms with van der Waals surface area (Å²) in [6, 6.07) is 6.06. The topological polar surface area (TPSA) is 39.2 Å². The highest BCUT2D eigenvalue weighted by Gasteiger charge is 2.11. The number of aromatic nitrogens is 1. The number of carbonyl (C=O) groups is 1. The Morgan fingerprint density at radius 2 is 2.16 bits per heavy atom. The van der Waals surface area contributed by atoms with Crippen LogP contribution in [0.4, 0.5) is 4.39 Å². The van der Waals surface area contributed by atoms with Gasteiger partial charge >= 0.3 is 5.97 Å². The Bertz CT molecular complexity index is 611. The molecule has 0 amide bonds. The van der Waals surface area contributed by atoms with E-state index in [2.05, 4.69) is 9.72 Å². The van der Waals surface area contributed by atoms with Gasteiger partial charge in [-0.05, 0) is 41.8 Å². The van der Waals surface area contributed by atoms with Gasteiger partial charge in [-0.15, -0.1) is 0 Å². The lowest BCUT2D eigenvalue weighted by Gasteiger charge is -2.09. The van der Waals surface area contributed by atoms with Crippen molar-refractivity contribution in [3.05, 3.63) is 53.6 Å². The molecule has 0 saturated heterocycles. The highest BCUT2D eigenvalue weighted by Crippen LogP contribution is 2.25. The molecule has 98 valence electrons. The first-order chi connectivity index (χ1) is 9.15. The van der Waals surface area contributed by atoms with E-state index in [9.17, 15) is 9.18 Å². The number of esters is 1. The van der Waals surface area contributed by atoms with Crippen LogP contribution in [0.1, 0.15) is 22.8 Å². The van der Waals surface area contributed by atoms with Gasteiger partial charge in [0.2, 0.25) is 0 Å². The molecule has 0 spiro atoms. The minimum atomic E-state index is -0.553. The molecule has 0 atom stereocenters. The first-order valence-electron chi connectivity index (χ1n) is 5.98. The van der Waals surface area contributed by atoms with Crippen molar-refractivity contribution >= 4 is 5.97 Å². The van der Waals surface area contributed by atoms with E-state index in [1.54, 1.807) is 18.5 Å². The number of nitrogens with zero attached hydrogens (tertiary/aromatic N) is 1. The smallest absolute Gasteiger partial charge is 0.337 e. The Balaban J connectivity index is 2.56. The van der Waals surface area contributed by atoms with E-state index in [-0.39, 0.29) is 5.56 Å². The van der Waals surface area contributed by atoms with Crippen molar-refractivity contribution in [3.63, 3.8) is 0 Å². The Hall–Kier alpha value is -2.23. The lowest BCUT2D eigenvalue weighted by Crippen LogP contribution is -2.02. The number of halogens is 1. The molecule has 0 bridgehead atoms. The number of rotatable bonds is 3. The molecule has 2 aromatic rings. The summed E-state index contributed by atoms with van der Waals surface area (Å²) < 4.78 is 18.2. The molecule has 3 nitrogen and oxygen atoms in total. The van der Waals surface area contributed by atoms with Crippen LogP contribution in [0.15, 0.2) is 36.7 Å². The lowest BCUT2D eigenvalue weighted by atomic mass is 9.98. The Morgan fingerprint density at radius 3 is 2.84 bits per heavy atom. The molecule has 0 aliphatic carbocycles. The second-order valence-corrected chi connectivity index (χ2v) is 4.11. The van der Waals surface area contributed by atoms with E-state index < -0.39 is 11.8 Å². The van der Waals surface area contributed by atoms with Crippen LogP contribution in [0.2, 0.25) is 0 Å². The number of aryl methyl sites for hydroxylation is 1. The summed E-state index contributed by atoms with van der Waals surface area (Å²) in [7, 11) is 1.27. The molecule has 0 aliphatic rings. The molecule has 4 heteroatoms. The quantitative estimate of drug-likeness (QED) is 0.794. The number of carbonyl (C=O) groups excluding carboxylic acids is 1. The molecule has 0 saturated carbocycles. The zero-order valence-corrected chi connectivity index (χ0v) is 10.8. The van der Waals surface area contributed by atoms with Crippen LogP contribution in [0.25, 0.3) is 11.1 Å². The van der Waals surface area contributed by atoms with Gasteiger partial charge in [-0.2, -0.15) is 0 Å². The molecule has 0 radical (unpaired) electrons. The van der Waals surface area contributed by atoms with E-state index in [0.717, 1.165) is 23.6 Å². The van der Waals surface area contributed by atoms with Crippen LogP contribution in [-0.2, 0) is 11.2 Å². The molecule has 1 heterocycles. The normalized spacial score (nSPS) is 10.3. The van der Waals surface area contributed by atoms with Crippen molar-refractivity contribution in [1.29, 1.82) is 0 Å². The van der Waals surface area contributed by atoms with Crippen molar-refractivity contribution in [2.45, 2.75) is 13.3 Å². The Kier molecular flexibility index (Phi) is 3.90. The lowest BCUT2D eigenvalue weighted by molar-refractivity contribution is 0.0600. The van der Waals surface area contributed by atoms with Crippen LogP contribution >= 0.6 is 0 Å². The second kappa shape index (κ2) is 5.61. The molecule has 1 aromatic carbocycles. The standard InChI is InChI=1S/C15H14FNO2/c1-3-10-4-5-17-9-14(10)11-6-12(15(18)19-2)8-13(16)7-11/h4-9H,3H2,1-2H3. The summed E-state index contributed by atoms with van der Waals surface area (Å²) in [5, 5.41) is 0. The molecule has 0 unspecified atom stereocenters. The molecular weight excluding hydrogens is 245 g/mol. The molecule has 0 fully saturated rings. The molecule has 2 rings (SSSR count). The first-order valence-corrected chi connectivity index (χ1v) is 5.98. The van der Waals surface area contributed by atoms with Gasteiger partial charge in [0.15, 0.2) is 0 Å². The summed E-state index contributed by atoms with van der Waals surface area (Å²) in [5.74, 6) is -1.02. The fourth-order valence-electron chi connectivity index (χ4n) is 1.97. The van der Waals surface area contributed by atoms with E-state index in [1.165, 1.54) is 13.2 Å². The fraction of sp³-hybridized carbons (Fsp3) is 0.200. The highest BCUT2D eigenvalue weighted by molar-refractivity contribution is 5.91. The zero-order valence-electron chi connectivity index (χ0n) is 10.8. The van der Waals surface area contributed by atoms with E-state index in [0.29, 0.717) is 5.56 Å². The third-order valence-electron chi connectivity index (χ3n) is 2.92. The van der Waals surface area contributed by atoms with Crippen LogP contribution in [0.5, 0.6) is 0 Å². The van der Waals surface area contributed by atoms with E-state index in [1.807, 2.05) is 13.0 Å². The largest absolute Gasteiger partial charge is 0.465 e. The SMILES string of the molecule is CCc1ccncc1-c1cc(F)cc(C(=O)OC)c1. The summed E-state index contributed by atoms with van der Waals surface area (Å²) in [4.78, 5) is 15.6. The van der Waals surface area contributed by atoms with Gasteiger partial charge in [0.05, 0.1) is 12.7 Å². The van der Waals surface area contributed by atoms with Crippen molar-refractivity contribution in [3.8, 4) is 11.1 Å². The van der Waals surface area contributed by atoms with Crippen molar-refractivity contribution in [2.75, 3.05) is 7.11 Å². The van der Waals surface area contributed by atoms with Gasteiger partial charge in [-0.25, -0.2) is 9.18 Å². The second-order valence-electron chi connectivity index (χ2n) is 4.11. The molecule has 19 heavy (non-hydrogen) atoms. The fourth-order valence-corrected chi connectivity index (χ4v) is 1.97. The van der Waals surface area contributed by atoms with Gasteiger partial charge in [0.25, 0.3) is 0 Å². The first kappa shape index (κ1) is 13.2. The van der Waals surface area contributed by atoms with Crippen molar-refractivity contribution in [1.82, 2.24) is 4.98 Å². The van der Waals surface area contributed by atoms with E-state index in [4.69, 9.17) is 0 Å². The monoisotopic (exact) mass is 259 g/mol. The third kappa shape index (κ3) is 2.78. The minimum absolute atomic E-state index is 0.198. The van der Waals surface area contributed by atoms with Crippen LogP contribution in [-0.4, -0.2) is 18.1 Å². The number of benzene rings is 1. The third-order valence-corrected chi connectivity index (χ3v) is 2.92. The average molecular weight is 259 g/mol. The molecule has 0 aliphatic heterocycles. The summed E-state index contributed by atoms with van der Waals surface area (Å²) in [6.07, 6.45) is 4.18. The van der Waals surface area contributed by atoms with Gasteiger partial charge in [-0.3, -0.25) is 4.98 Å². The number of pyridine rings is 1.